The molecule has 26 heavy (non-hydrogen) atoms. The van der Waals surface area contributed by atoms with Crippen molar-refractivity contribution in [2.45, 2.75) is 39.0 Å². The molecule has 0 aromatic carbocycles. The SMILES string of the molecule is C[C@@H]1CCc2c(sc(NC(=O)C3CCOCC3)c2C(=O)c2ccco2)C1. The molecule has 6 heteroatoms. The van der Waals surface area contributed by atoms with Crippen LogP contribution in [-0.2, 0) is 22.4 Å². The van der Waals surface area contributed by atoms with E-state index in [2.05, 4.69) is 12.2 Å². The van der Waals surface area contributed by atoms with Gasteiger partial charge >= 0.3 is 0 Å². The van der Waals surface area contributed by atoms with Gasteiger partial charge in [-0.2, -0.15) is 0 Å². The second-order valence-electron chi connectivity index (χ2n) is 7.24. The third-order valence-electron chi connectivity index (χ3n) is 5.31. The van der Waals surface area contributed by atoms with Crippen molar-refractivity contribution in [1.29, 1.82) is 0 Å². The smallest absolute Gasteiger partial charge is 0.231 e. The summed E-state index contributed by atoms with van der Waals surface area (Å²) in [5.41, 5.74) is 1.73. The average molecular weight is 373 g/mol. The van der Waals surface area contributed by atoms with Crippen LogP contribution in [0.4, 0.5) is 5.00 Å². The minimum absolute atomic E-state index is 0.00607. The van der Waals surface area contributed by atoms with Gasteiger partial charge in [-0.3, -0.25) is 9.59 Å². The molecule has 138 valence electrons. The Balaban J connectivity index is 1.66. The summed E-state index contributed by atoms with van der Waals surface area (Å²) in [7, 11) is 0. The molecule has 2 aromatic heterocycles. The highest BCUT2D eigenvalue weighted by Gasteiger charge is 2.31. The van der Waals surface area contributed by atoms with Crippen LogP contribution in [0.2, 0.25) is 0 Å². The summed E-state index contributed by atoms with van der Waals surface area (Å²) >= 11 is 1.56. The number of furan rings is 1. The number of carbonyl (C=O) groups is 2. The summed E-state index contributed by atoms with van der Waals surface area (Å²) in [6.45, 7) is 3.47. The minimum Gasteiger partial charge on any atom is -0.461 e. The Morgan fingerprint density at radius 1 is 1.23 bits per heavy atom. The van der Waals surface area contributed by atoms with E-state index in [4.69, 9.17) is 9.15 Å². The molecular formula is C20H23NO4S. The molecule has 0 radical (unpaired) electrons. The highest BCUT2D eigenvalue weighted by molar-refractivity contribution is 7.17. The molecule has 1 saturated heterocycles. The number of amides is 1. The van der Waals surface area contributed by atoms with Crippen molar-refractivity contribution in [3.05, 3.63) is 40.2 Å². The average Bonchev–Trinajstić information content (AvgIpc) is 3.29. The number of ketones is 1. The van der Waals surface area contributed by atoms with Gasteiger partial charge in [-0.1, -0.05) is 6.92 Å². The van der Waals surface area contributed by atoms with Crippen molar-refractivity contribution in [1.82, 2.24) is 0 Å². The second kappa shape index (κ2) is 7.37. The van der Waals surface area contributed by atoms with E-state index in [1.54, 1.807) is 23.5 Å². The van der Waals surface area contributed by atoms with Gasteiger partial charge < -0.3 is 14.5 Å². The van der Waals surface area contributed by atoms with E-state index in [0.717, 1.165) is 37.7 Å². The Labute approximate surface area is 156 Å². The van der Waals surface area contributed by atoms with E-state index in [1.165, 1.54) is 11.1 Å². The number of anilines is 1. The quantitative estimate of drug-likeness (QED) is 0.821. The van der Waals surface area contributed by atoms with Gasteiger partial charge in [0.25, 0.3) is 0 Å². The molecule has 1 atom stereocenters. The Morgan fingerprint density at radius 3 is 2.77 bits per heavy atom. The lowest BCUT2D eigenvalue weighted by molar-refractivity contribution is -0.122. The molecule has 0 spiro atoms. The van der Waals surface area contributed by atoms with Gasteiger partial charge in [0.15, 0.2) is 5.76 Å². The van der Waals surface area contributed by atoms with E-state index in [9.17, 15) is 9.59 Å². The zero-order valence-electron chi connectivity index (χ0n) is 14.9. The Kier molecular flexibility index (Phi) is 4.96. The zero-order chi connectivity index (χ0) is 18.1. The molecule has 1 amide bonds. The summed E-state index contributed by atoms with van der Waals surface area (Å²) < 4.78 is 10.7. The molecule has 2 aliphatic rings. The number of hydrogen-bond donors (Lipinski definition) is 1. The number of nitrogens with one attached hydrogen (secondary N) is 1. The number of carbonyl (C=O) groups excluding carboxylic acids is 2. The molecule has 4 rings (SSSR count). The third-order valence-corrected chi connectivity index (χ3v) is 6.48. The molecule has 1 aliphatic carbocycles. The van der Waals surface area contributed by atoms with E-state index in [-0.39, 0.29) is 17.6 Å². The lowest BCUT2D eigenvalue weighted by atomic mass is 9.87. The van der Waals surface area contributed by atoms with Gasteiger partial charge in [0.1, 0.15) is 5.00 Å². The normalized spacial score (nSPS) is 20.6. The molecule has 0 unspecified atom stereocenters. The highest BCUT2D eigenvalue weighted by Crippen LogP contribution is 2.41. The number of rotatable bonds is 4. The summed E-state index contributed by atoms with van der Waals surface area (Å²) in [5, 5.41) is 3.74. The second-order valence-corrected chi connectivity index (χ2v) is 8.34. The van der Waals surface area contributed by atoms with Crippen LogP contribution in [0.5, 0.6) is 0 Å². The van der Waals surface area contributed by atoms with Crippen LogP contribution in [0.1, 0.15) is 52.7 Å². The summed E-state index contributed by atoms with van der Waals surface area (Å²) in [6.07, 6.45) is 5.88. The van der Waals surface area contributed by atoms with Crippen molar-refractivity contribution < 1.29 is 18.7 Å². The van der Waals surface area contributed by atoms with Crippen molar-refractivity contribution in [3.8, 4) is 0 Å². The van der Waals surface area contributed by atoms with Crippen LogP contribution in [0.25, 0.3) is 0 Å². The standard InChI is InChI=1S/C20H23NO4S/c1-12-4-5-14-16(11-12)26-20(17(14)18(22)15-3-2-8-25-15)21-19(23)13-6-9-24-10-7-13/h2-3,8,12-13H,4-7,9-11H2,1H3,(H,21,23)/t12-/m1/s1. The van der Waals surface area contributed by atoms with Crippen molar-refractivity contribution in [3.63, 3.8) is 0 Å². The van der Waals surface area contributed by atoms with Crippen LogP contribution in [0, 0.1) is 11.8 Å². The molecule has 3 heterocycles. The third kappa shape index (κ3) is 3.35. The number of fused-ring (bicyclic) bond motifs is 1. The van der Waals surface area contributed by atoms with Gasteiger partial charge in [0, 0.05) is 24.0 Å². The zero-order valence-corrected chi connectivity index (χ0v) is 15.7. The van der Waals surface area contributed by atoms with E-state index in [0.29, 0.717) is 35.5 Å². The largest absolute Gasteiger partial charge is 0.461 e. The molecule has 5 nitrogen and oxygen atoms in total. The molecule has 1 N–H and O–H groups in total. The van der Waals surface area contributed by atoms with Gasteiger partial charge in [0.2, 0.25) is 11.7 Å². The molecule has 1 fully saturated rings. The fraction of sp³-hybridized carbons (Fsp3) is 0.500. The van der Waals surface area contributed by atoms with Gasteiger partial charge in [0.05, 0.1) is 11.8 Å². The van der Waals surface area contributed by atoms with Crippen molar-refractivity contribution >= 4 is 28.0 Å². The first-order chi connectivity index (χ1) is 12.6. The van der Waals surface area contributed by atoms with Gasteiger partial charge in [-0.05, 0) is 55.7 Å². The maximum absolute atomic E-state index is 13.0. The molecule has 0 saturated carbocycles. The predicted octanol–water partition coefficient (Wildman–Crippen LogP) is 4.06. The Morgan fingerprint density at radius 2 is 2.04 bits per heavy atom. The molecule has 2 aromatic rings. The van der Waals surface area contributed by atoms with E-state index in [1.807, 2.05) is 0 Å². The fourth-order valence-corrected chi connectivity index (χ4v) is 5.19. The lowest BCUT2D eigenvalue weighted by Gasteiger charge is -2.21. The Hall–Kier alpha value is -1.92. The van der Waals surface area contributed by atoms with E-state index >= 15 is 0 Å². The Bertz CT molecular complexity index is 802. The van der Waals surface area contributed by atoms with Crippen LogP contribution in [-0.4, -0.2) is 24.9 Å². The number of thiophene rings is 1. The highest BCUT2D eigenvalue weighted by atomic mass is 32.1. The predicted molar refractivity (Wildman–Crippen MR) is 99.8 cm³/mol. The lowest BCUT2D eigenvalue weighted by Crippen LogP contribution is -2.28. The maximum Gasteiger partial charge on any atom is 0.231 e. The minimum atomic E-state index is -0.135. The first-order valence-corrected chi connectivity index (χ1v) is 10.1. The van der Waals surface area contributed by atoms with Crippen LogP contribution in [0.15, 0.2) is 22.8 Å². The van der Waals surface area contributed by atoms with Crippen LogP contribution < -0.4 is 5.32 Å². The van der Waals surface area contributed by atoms with Crippen molar-refractivity contribution in [2.24, 2.45) is 11.8 Å². The fourth-order valence-electron chi connectivity index (χ4n) is 3.78. The number of ether oxygens (including phenoxy) is 1. The summed E-state index contributed by atoms with van der Waals surface area (Å²) in [5.74, 6) is 0.740. The molecular weight excluding hydrogens is 350 g/mol. The van der Waals surface area contributed by atoms with Crippen LogP contribution >= 0.6 is 11.3 Å². The first kappa shape index (κ1) is 17.5. The van der Waals surface area contributed by atoms with Gasteiger partial charge in [-0.25, -0.2) is 0 Å². The maximum atomic E-state index is 13.0. The summed E-state index contributed by atoms with van der Waals surface area (Å²) in [6, 6.07) is 3.40. The molecule has 1 aliphatic heterocycles. The summed E-state index contributed by atoms with van der Waals surface area (Å²) in [4.78, 5) is 27.0. The van der Waals surface area contributed by atoms with Crippen LogP contribution in [0.3, 0.4) is 0 Å². The van der Waals surface area contributed by atoms with E-state index < -0.39 is 0 Å². The first-order valence-electron chi connectivity index (χ1n) is 9.25. The molecule has 0 bridgehead atoms. The topological polar surface area (TPSA) is 68.5 Å². The number of hydrogen-bond acceptors (Lipinski definition) is 5. The van der Waals surface area contributed by atoms with Crippen molar-refractivity contribution in [2.75, 3.05) is 18.5 Å². The monoisotopic (exact) mass is 373 g/mol. The van der Waals surface area contributed by atoms with Gasteiger partial charge in [-0.15, -0.1) is 11.3 Å².